The van der Waals surface area contributed by atoms with Gasteiger partial charge in [-0.2, -0.15) is 0 Å². The van der Waals surface area contributed by atoms with E-state index in [9.17, 15) is 0 Å². The SMILES string of the molecule is c1ccc(-c2cccc(-c3ccccc3)c2N2c3cc(-c4cc(-c5ccccc5)c5oc6ccccc6c5c4)ccc3B3c4ccc(-c5cc(-c6ccccc6)c6oc7ccccc7c6c5)cc4N(c4c(-c5ccccc5)cccc4-c4ccccc4)c4cc(-n5c6ccccc6c6ccccc65)cc2c43)cc1. The van der Waals surface area contributed by atoms with Gasteiger partial charge in [0, 0.05) is 88.4 Å². The van der Waals surface area contributed by atoms with Crippen molar-refractivity contribution in [1.29, 1.82) is 0 Å². The third kappa shape index (κ3) is 9.67. The number of hydrogen-bond acceptors (Lipinski definition) is 4. The molecule has 0 fully saturated rings. The van der Waals surface area contributed by atoms with Gasteiger partial charge < -0.3 is 23.2 Å². The second kappa shape index (κ2) is 24.7. The van der Waals surface area contributed by atoms with Crippen molar-refractivity contribution < 1.29 is 8.83 Å². The molecule has 502 valence electrons. The van der Waals surface area contributed by atoms with Crippen molar-refractivity contribution >= 4 is 123 Å². The summed E-state index contributed by atoms with van der Waals surface area (Å²) < 4.78 is 16.3. The third-order valence-electron chi connectivity index (χ3n) is 22.5. The van der Waals surface area contributed by atoms with E-state index < -0.39 is 0 Å². The van der Waals surface area contributed by atoms with E-state index in [2.05, 4.69) is 403 Å². The van der Waals surface area contributed by atoms with Crippen molar-refractivity contribution in [3.8, 4) is 94.7 Å². The fraction of sp³-hybridized carbons (Fsp3) is 0. The summed E-state index contributed by atoms with van der Waals surface area (Å²) in [4.78, 5) is 5.35. The van der Waals surface area contributed by atoms with E-state index >= 15 is 0 Å². The Morgan fingerprint density at radius 2 is 0.537 bits per heavy atom. The molecule has 108 heavy (non-hydrogen) atoms. The van der Waals surface area contributed by atoms with Crippen LogP contribution in [0.4, 0.5) is 34.1 Å². The van der Waals surface area contributed by atoms with Gasteiger partial charge in [0.25, 0.3) is 6.71 Å². The first-order valence-corrected chi connectivity index (χ1v) is 37.1. The standard InChI is InChI=1S/C102H64BN3O2/c1-7-29-65(30-8-1)76-45-27-46-77(66-31-9-2-10-32-66)99(76)105-92-61-71(73-57-84(69-37-15-5-16-38-69)101-86(59-73)82-43-21-25-51-96(82)107-101)53-55-88(92)103-89-56-54-72(74-58-85(70-39-17-6-18-40-70)102-87(60-74)83-44-22-26-52-97(83)108-102)62-93(89)106(100-78(67-33-11-3-12-34-67)47-28-48-79(100)68-35-13-4-14-36-68)95-64-75(63-94(105)98(95)103)104-90-49-23-19-41-80(90)81-42-20-24-50-91(81)104/h1-64H. The summed E-state index contributed by atoms with van der Waals surface area (Å²) in [6.07, 6.45) is 0. The van der Waals surface area contributed by atoms with Gasteiger partial charge in [0.05, 0.1) is 28.1 Å². The van der Waals surface area contributed by atoms with Crippen molar-refractivity contribution in [2.24, 2.45) is 0 Å². The fourth-order valence-corrected chi connectivity index (χ4v) is 17.8. The molecule has 5 nitrogen and oxygen atoms in total. The summed E-state index contributed by atoms with van der Waals surface area (Å²) in [5.74, 6) is 0. The van der Waals surface area contributed by atoms with Crippen molar-refractivity contribution in [3.63, 3.8) is 0 Å². The highest BCUT2D eigenvalue weighted by atomic mass is 16.3. The second-order valence-electron chi connectivity index (χ2n) is 28.5. The minimum atomic E-state index is -0.309. The molecule has 5 heterocycles. The maximum atomic E-state index is 6.90. The van der Waals surface area contributed by atoms with E-state index in [4.69, 9.17) is 8.83 Å². The van der Waals surface area contributed by atoms with E-state index in [0.29, 0.717) is 0 Å². The number of rotatable bonds is 11. The molecule has 0 amide bonds. The van der Waals surface area contributed by atoms with Crippen LogP contribution in [0.25, 0.3) is 160 Å². The van der Waals surface area contributed by atoms with E-state index in [-0.39, 0.29) is 6.71 Å². The molecule has 3 aromatic heterocycles. The highest BCUT2D eigenvalue weighted by Crippen LogP contribution is 2.55. The average molecular weight is 1370 g/mol. The molecule has 2 aliphatic heterocycles. The van der Waals surface area contributed by atoms with Gasteiger partial charge in [-0.25, -0.2) is 0 Å². The van der Waals surface area contributed by atoms with Gasteiger partial charge in [-0.3, -0.25) is 0 Å². The fourth-order valence-electron chi connectivity index (χ4n) is 17.8. The van der Waals surface area contributed by atoms with Crippen molar-refractivity contribution in [3.05, 3.63) is 388 Å². The lowest BCUT2D eigenvalue weighted by molar-refractivity contribution is 0.669. The summed E-state index contributed by atoms with van der Waals surface area (Å²) in [5, 5.41) is 6.68. The van der Waals surface area contributed by atoms with Gasteiger partial charge >= 0.3 is 0 Å². The molecule has 0 saturated carbocycles. The minimum Gasteiger partial charge on any atom is -0.455 e. The average Bonchev–Trinajstić information content (AvgIpc) is 0.770. The maximum absolute atomic E-state index is 6.90. The third-order valence-corrected chi connectivity index (χ3v) is 22.5. The molecule has 2 aliphatic rings. The zero-order valence-corrected chi connectivity index (χ0v) is 58.7. The van der Waals surface area contributed by atoms with E-state index in [1.807, 2.05) is 0 Å². The van der Waals surface area contributed by atoms with Crippen LogP contribution in [0.2, 0.25) is 0 Å². The number of anilines is 6. The highest BCUT2D eigenvalue weighted by molar-refractivity contribution is 7.00. The predicted octanol–water partition coefficient (Wildman–Crippen LogP) is 26.0. The summed E-state index contributed by atoms with van der Waals surface area (Å²) in [6, 6.07) is 143. The van der Waals surface area contributed by atoms with Crippen molar-refractivity contribution in [2.45, 2.75) is 0 Å². The number of para-hydroxylation sites is 6. The Balaban J connectivity index is 0.912. The van der Waals surface area contributed by atoms with E-state index in [0.717, 1.165) is 184 Å². The first-order valence-electron chi connectivity index (χ1n) is 37.1. The van der Waals surface area contributed by atoms with Gasteiger partial charge in [0.1, 0.15) is 22.3 Å². The van der Waals surface area contributed by atoms with Crippen molar-refractivity contribution in [1.82, 2.24) is 4.57 Å². The largest absolute Gasteiger partial charge is 0.455 e. The second-order valence-corrected chi connectivity index (χ2v) is 28.5. The Morgan fingerprint density at radius 1 is 0.213 bits per heavy atom. The lowest BCUT2D eigenvalue weighted by atomic mass is 9.33. The van der Waals surface area contributed by atoms with E-state index in [1.165, 1.54) is 27.2 Å². The Morgan fingerprint density at radius 3 is 0.907 bits per heavy atom. The number of fused-ring (bicyclic) bond motifs is 13. The highest BCUT2D eigenvalue weighted by Gasteiger charge is 2.46. The van der Waals surface area contributed by atoms with Gasteiger partial charge in [-0.1, -0.05) is 315 Å². The van der Waals surface area contributed by atoms with Gasteiger partial charge in [-0.05, 0) is 145 Å². The first-order chi connectivity index (χ1) is 53.6. The summed E-state index contributed by atoms with van der Waals surface area (Å²) in [7, 11) is 0. The smallest absolute Gasteiger partial charge is 0.252 e. The van der Waals surface area contributed by atoms with Crippen LogP contribution in [0.3, 0.4) is 0 Å². The number of hydrogen-bond donors (Lipinski definition) is 0. The monoisotopic (exact) mass is 1370 g/mol. The van der Waals surface area contributed by atoms with Crippen LogP contribution in [0.1, 0.15) is 0 Å². The zero-order valence-electron chi connectivity index (χ0n) is 58.7. The Kier molecular flexibility index (Phi) is 14.0. The Bertz CT molecular complexity index is 6460. The number of furan rings is 2. The quantitative estimate of drug-likeness (QED) is 0.121. The molecule has 22 rings (SSSR count). The Hall–Kier alpha value is -14.2. The molecule has 0 saturated heterocycles. The molecule has 0 unspecified atom stereocenters. The topological polar surface area (TPSA) is 37.7 Å². The zero-order chi connectivity index (χ0) is 70.9. The molecular weight excluding hydrogens is 1310 g/mol. The van der Waals surface area contributed by atoms with Crippen molar-refractivity contribution in [2.75, 3.05) is 9.80 Å². The molecule has 0 spiro atoms. The number of nitrogens with zero attached hydrogens (tertiary/aromatic N) is 3. The molecule has 0 bridgehead atoms. The van der Waals surface area contributed by atoms with Crippen LogP contribution in [0.15, 0.2) is 397 Å². The Labute approximate surface area is 625 Å². The molecule has 0 radical (unpaired) electrons. The summed E-state index contributed by atoms with van der Waals surface area (Å²) >= 11 is 0. The maximum Gasteiger partial charge on any atom is 0.252 e. The van der Waals surface area contributed by atoms with Gasteiger partial charge in [0.15, 0.2) is 0 Å². The van der Waals surface area contributed by atoms with Crippen LogP contribution in [-0.4, -0.2) is 11.3 Å². The lowest BCUT2D eigenvalue weighted by Gasteiger charge is -2.46. The molecule has 0 N–H and O–H groups in total. The molecular formula is C102H64BN3O2. The molecule has 0 aliphatic carbocycles. The first kappa shape index (κ1) is 61.3. The molecule has 17 aromatic carbocycles. The van der Waals surface area contributed by atoms with Crippen LogP contribution < -0.4 is 26.2 Å². The van der Waals surface area contributed by atoms with Gasteiger partial charge in [0.2, 0.25) is 0 Å². The molecule has 0 atom stereocenters. The number of aromatic nitrogens is 1. The summed E-state index contributed by atoms with van der Waals surface area (Å²) in [6.45, 7) is -0.309. The van der Waals surface area contributed by atoms with Crippen LogP contribution in [0.5, 0.6) is 0 Å². The molecule has 20 aromatic rings. The van der Waals surface area contributed by atoms with Crippen LogP contribution in [-0.2, 0) is 0 Å². The van der Waals surface area contributed by atoms with Crippen LogP contribution >= 0.6 is 0 Å². The van der Waals surface area contributed by atoms with E-state index in [1.54, 1.807) is 0 Å². The van der Waals surface area contributed by atoms with Gasteiger partial charge in [-0.15, -0.1) is 0 Å². The normalized spacial score (nSPS) is 12.4. The number of benzene rings is 17. The summed E-state index contributed by atoms with van der Waals surface area (Å²) in [5.41, 5.74) is 34.2. The molecule has 6 heteroatoms. The predicted molar refractivity (Wildman–Crippen MR) is 453 cm³/mol. The lowest BCUT2D eigenvalue weighted by Crippen LogP contribution is -2.61. The van der Waals surface area contributed by atoms with Crippen LogP contribution in [0, 0.1) is 0 Å². The minimum absolute atomic E-state index is 0.309.